The number of aromatic nitrogens is 2. The maximum Gasteiger partial charge on any atom is 0.188 e. The third-order valence-electron chi connectivity index (χ3n) is 1.54. The molecule has 0 aliphatic carbocycles. The second-order valence-electron chi connectivity index (χ2n) is 2.71. The Morgan fingerprint density at radius 3 is 3.08 bits per heavy atom. The smallest absolute Gasteiger partial charge is 0.188 e. The summed E-state index contributed by atoms with van der Waals surface area (Å²) in [5.74, 6) is 0.466. The number of hydrogen-bond acceptors (Lipinski definition) is 2. The molecule has 1 aromatic rings. The standard InChI is InChI=1S/C8H15N5/c1-3-10-8(9)11-6-7-4-5-13(2)12-7/h4-5H,3,6H2,1-2H3,(H3,9,10,11). The van der Waals surface area contributed by atoms with Crippen LogP contribution in [0.25, 0.3) is 0 Å². The van der Waals surface area contributed by atoms with Crippen molar-refractivity contribution in [1.82, 2.24) is 15.1 Å². The summed E-state index contributed by atoms with van der Waals surface area (Å²) >= 11 is 0. The van der Waals surface area contributed by atoms with Crippen LogP contribution in [-0.4, -0.2) is 22.3 Å². The molecule has 5 nitrogen and oxygen atoms in total. The van der Waals surface area contributed by atoms with Gasteiger partial charge >= 0.3 is 0 Å². The van der Waals surface area contributed by atoms with E-state index in [-0.39, 0.29) is 0 Å². The monoisotopic (exact) mass is 181 g/mol. The van der Waals surface area contributed by atoms with E-state index >= 15 is 0 Å². The van der Waals surface area contributed by atoms with Gasteiger partial charge in [-0.15, -0.1) is 0 Å². The average molecular weight is 181 g/mol. The third kappa shape index (κ3) is 3.14. The van der Waals surface area contributed by atoms with E-state index in [0.717, 1.165) is 12.2 Å². The number of nitrogens with two attached hydrogens (primary N) is 1. The van der Waals surface area contributed by atoms with Gasteiger partial charge in [-0.2, -0.15) is 5.10 Å². The fourth-order valence-electron chi connectivity index (χ4n) is 0.951. The Morgan fingerprint density at radius 2 is 2.54 bits per heavy atom. The normalized spacial score (nSPS) is 11.7. The summed E-state index contributed by atoms with van der Waals surface area (Å²) in [6, 6.07) is 1.92. The summed E-state index contributed by atoms with van der Waals surface area (Å²) in [7, 11) is 1.88. The highest BCUT2D eigenvalue weighted by atomic mass is 15.3. The Labute approximate surface area is 77.6 Å². The quantitative estimate of drug-likeness (QED) is 0.503. The lowest BCUT2D eigenvalue weighted by Gasteiger charge is -1.99. The summed E-state index contributed by atoms with van der Waals surface area (Å²) < 4.78 is 1.74. The molecule has 5 heteroatoms. The van der Waals surface area contributed by atoms with E-state index in [2.05, 4.69) is 15.4 Å². The summed E-state index contributed by atoms with van der Waals surface area (Å²) in [4.78, 5) is 4.10. The lowest BCUT2D eigenvalue weighted by molar-refractivity contribution is 0.741. The molecular formula is C8H15N5. The number of aryl methyl sites for hydroxylation is 1. The topological polar surface area (TPSA) is 68.2 Å². The zero-order valence-corrected chi connectivity index (χ0v) is 7.99. The van der Waals surface area contributed by atoms with Crippen molar-refractivity contribution >= 4 is 5.96 Å². The van der Waals surface area contributed by atoms with Gasteiger partial charge in [0.05, 0.1) is 12.2 Å². The number of hydrogen-bond donors (Lipinski definition) is 2. The van der Waals surface area contributed by atoms with E-state index in [0.29, 0.717) is 12.5 Å². The van der Waals surface area contributed by atoms with E-state index in [1.807, 2.05) is 26.2 Å². The van der Waals surface area contributed by atoms with Crippen molar-refractivity contribution in [2.45, 2.75) is 13.5 Å². The van der Waals surface area contributed by atoms with Crippen molar-refractivity contribution in [3.05, 3.63) is 18.0 Å². The van der Waals surface area contributed by atoms with Gasteiger partial charge in [-0.3, -0.25) is 4.68 Å². The van der Waals surface area contributed by atoms with Crippen LogP contribution in [0.4, 0.5) is 0 Å². The molecule has 3 N–H and O–H groups in total. The molecule has 1 aromatic heterocycles. The molecule has 0 atom stereocenters. The molecule has 0 fully saturated rings. The number of guanidine groups is 1. The summed E-state index contributed by atoms with van der Waals surface area (Å²) in [5, 5.41) is 7.08. The molecule has 0 unspecified atom stereocenters. The van der Waals surface area contributed by atoms with Gasteiger partial charge in [0.15, 0.2) is 5.96 Å². The van der Waals surface area contributed by atoms with Gasteiger partial charge in [-0.25, -0.2) is 4.99 Å². The fraction of sp³-hybridized carbons (Fsp3) is 0.500. The number of rotatable bonds is 3. The van der Waals surface area contributed by atoms with E-state index in [1.165, 1.54) is 0 Å². The zero-order valence-electron chi connectivity index (χ0n) is 7.99. The molecule has 0 bridgehead atoms. The van der Waals surface area contributed by atoms with Gasteiger partial charge in [0, 0.05) is 19.8 Å². The van der Waals surface area contributed by atoms with Crippen molar-refractivity contribution in [3.8, 4) is 0 Å². The molecule has 0 aliphatic rings. The Balaban J connectivity index is 2.46. The minimum absolute atomic E-state index is 0.466. The molecule has 1 heterocycles. The third-order valence-corrected chi connectivity index (χ3v) is 1.54. The van der Waals surface area contributed by atoms with Crippen LogP contribution in [0.1, 0.15) is 12.6 Å². The first kappa shape index (κ1) is 9.57. The molecule has 0 saturated carbocycles. The Hall–Kier alpha value is -1.52. The number of nitrogens with one attached hydrogen (secondary N) is 1. The van der Waals surface area contributed by atoms with Crippen molar-refractivity contribution in [2.75, 3.05) is 6.54 Å². The first-order chi connectivity index (χ1) is 6.22. The fourth-order valence-corrected chi connectivity index (χ4v) is 0.951. The molecule has 0 saturated heterocycles. The number of aliphatic imine (C=N–C) groups is 1. The van der Waals surface area contributed by atoms with Crippen LogP contribution in [-0.2, 0) is 13.6 Å². The minimum atomic E-state index is 0.466. The van der Waals surface area contributed by atoms with Crippen LogP contribution < -0.4 is 11.1 Å². The van der Waals surface area contributed by atoms with Crippen LogP contribution >= 0.6 is 0 Å². The van der Waals surface area contributed by atoms with Crippen LogP contribution in [0.3, 0.4) is 0 Å². The maximum absolute atomic E-state index is 5.54. The number of nitrogens with zero attached hydrogens (tertiary/aromatic N) is 3. The van der Waals surface area contributed by atoms with Crippen LogP contribution in [0.5, 0.6) is 0 Å². The molecule has 0 aromatic carbocycles. The van der Waals surface area contributed by atoms with Gasteiger partial charge in [0.25, 0.3) is 0 Å². The Bertz CT molecular complexity index is 288. The highest BCUT2D eigenvalue weighted by Gasteiger charge is 1.94. The van der Waals surface area contributed by atoms with Crippen LogP contribution in [0, 0.1) is 0 Å². The van der Waals surface area contributed by atoms with Gasteiger partial charge in [-0.1, -0.05) is 0 Å². The van der Waals surface area contributed by atoms with Crippen molar-refractivity contribution in [2.24, 2.45) is 17.8 Å². The van der Waals surface area contributed by atoms with Gasteiger partial charge < -0.3 is 11.1 Å². The SMILES string of the molecule is CCNC(N)=NCc1ccn(C)n1. The van der Waals surface area contributed by atoms with Crippen molar-refractivity contribution in [3.63, 3.8) is 0 Å². The minimum Gasteiger partial charge on any atom is -0.370 e. The maximum atomic E-state index is 5.54. The predicted molar refractivity (Wildman–Crippen MR) is 52.2 cm³/mol. The molecule has 0 amide bonds. The summed E-state index contributed by atoms with van der Waals surface area (Å²) in [6.07, 6.45) is 1.88. The highest BCUT2D eigenvalue weighted by Crippen LogP contribution is 1.95. The largest absolute Gasteiger partial charge is 0.370 e. The molecule has 1 rings (SSSR count). The second-order valence-corrected chi connectivity index (χ2v) is 2.71. The lowest BCUT2D eigenvalue weighted by atomic mass is 10.4. The van der Waals surface area contributed by atoms with Crippen molar-refractivity contribution < 1.29 is 0 Å². The van der Waals surface area contributed by atoms with Crippen LogP contribution in [0.2, 0.25) is 0 Å². The Kier molecular flexibility index (Phi) is 3.31. The van der Waals surface area contributed by atoms with E-state index in [4.69, 9.17) is 5.73 Å². The molecule has 13 heavy (non-hydrogen) atoms. The molecule has 0 spiro atoms. The van der Waals surface area contributed by atoms with E-state index in [1.54, 1.807) is 4.68 Å². The second kappa shape index (κ2) is 4.49. The molecule has 0 aliphatic heterocycles. The van der Waals surface area contributed by atoms with Gasteiger partial charge in [0.1, 0.15) is 0 Å². The van der Waals surface area contributed by atoms with E-state index in [9.17, 15) is 0 Å². The van der Waals surface area contributed by atoms with Gasteiger partial charge in [0.2, 0.25) is 0 Å². The zero-order chi connectivity index (χ0) is 9.68. The first-order valence-electron chi connectivity index (χ1n) is 4.24. The lowest BCUT2D eigenvalue weighted by Crippen LogP contribution is -2.31. The average Bonchev–Trinajstić information content (AvgIpc) is 2.49. The van der Waals surface area contributed by atoms with Crippen LogP contribution in [0.15, 0.2) is 17.3 Å². The van der Waals surface area contributed by atoms with Gasteiger partial charge in [-0.05, 0) is 13.0 Å². The summed E-state index contributed by atoms with van der Waals surface area (Å²) in [6.45, 7) is 3.29. The molecular weight excluding hydrogens is 166 g/mol. The van der Waals surface area contributed by atoms with E-state index < -0.39 is 0 Å². The summed E-state index contributed by atoms with van der Waals surface area (Å²) in [5.41, 5.74) is 6.46. The predicted octanol–water partition coefficient (Wildman–Crippen LogP) is -0.156. The Morgan fingerprint density at radius 1 is 1.77 bits per heavy atom. The highest BCUT2D eigenvalue weighted by molar-refractivity contribution is 5.77. The molecule has 0 radical (unpaired) electrons. The van der Waals surface area contributed by atoms with Crippen molar-refractivity contribution in [1.29, 1.82) is 0 Å². The molecule has 72 valence electrons. The first-order valence-corrected chi connectivity index (χ1v) is 4.24.